The number of carbonyl (C=O) groups excluding carboxylic acids is 5. The topological polar surface area (TPSA) is 184 Å². The van der Waals surface area contributed by atoms with Crippen LogP contribution >= 0.6 is 23.2 Å². The number of benzene rings is 3. The standard InChI is InChI=1S/C48H52Cl2FN7O7/c1-56-37-24-28(10-15-35(37)58(45(56)64)36-16-17-38(59)54-41(36)60)26-18-22-57(23-19-26)42(61)27-8-12-30(13-9-27)52-44(63)48(65)40(31-6-5-7-33(50)39(31)51)47(46(55-48)20-3-2-4-21-46)32-14-11-29(49)25-34(32)53-43(47)62/h5-7,10-11,14-15,24-27,30,36,40,55,65H,2-4,8-9,12-13,16-23H2,1H3,(H,52,63)(H,53,62)(H,54,59,60)/t27?,30?,36?,40-,47-,48+/m1/s1. The van der Waals surface area contributed by atoms with Gasteiger partial charge in [0.15, 0.2) is 0 Å². The molecule has 2 spiro atoms. The van der Waals surface area contributed by atoms with E-state index in [0.717, 1.165) is 37.7 Å². The minimum atomic E-state index is -2.44. The van der Waals surface area contributed by atoms with Crippen molar-refractivity contribution in [1.82, 2.24) is 30.0 Å². The SMILES string of the molecule is Cn1c(=O)n(C2CCC(=O)NC2=O)c2ccc(C3CCN(C(=O)C4CCC(NC(=O)[C@]5(O)NC6(CCCCC6)[C@@]6(C(=O)Nc7cc(Cl)ccc76)[C@H]5c5cccc(Cl)c5F)CC4)CC3)cc21. The molecule has 4 atom stereocenters. The summed E-state index contributed by atoms with van der Waals surface area (Å²) in [5, 5.41) is 24.9. The minimum absolute atomic E-state index is 0.0452. The van der Waals surface area contributed by atoms with E-state index in [1.807, 2.05) is 23.1 Å². The Morgan fingerprint density at radius 2 is 1.60 bits per heavy atom. The highest BCUT2D eigenvalue weighted by atomic mass is 35.5. The number of aryl methyl sites for hydroxylation is 1. The Morgan fingerprint density at radius 3 is 2.32 bits per heavy atom. The number of piperidine rings is 2. The third-order valence-corrected chi connectivity index (χ3v) is 16.2. The lowest BCUT2D eigenvalue weighted by Crippen LogP contribution is -2.63. The van der Waals surface area contributed by atoms with Gasteiger partial charge in [0, 0.05) is 54.8 Å². The van der Waals surface area contributed by atoms with Crippen LogP contribution in [-0.2, 0) is 36.4 Å². The van der Waals surface area contributed by atoms with E-state index in [2.05, 4.69) is 21.3 Å². The molecule has 65 heavy (non-hydrogen) atoms. The van der Waals surface area contributed by atoms with E-state index in [-0.39, 0.29) is 58.8 Å². The van der Waals surface area contributed by atoms with Gasteiger partial charge in [-0.15, -0.1) is 0 Å². The molecule has 10 rings (SSSR count). The zero-order valence-corrected chi connectivity index (χ0v) is 37.6. The lowest BCUT2D eigenvalue weighted by atomic mass is 9.55. The van der Waals surface area contributed by atoms with Crippen molar-refractivity contribution < 1.29 is 33.5 Å². The Balaban J connectivity index is 0.829. The van der Waals surface area contributed by atoms with Gasteiger partial charge in [-0.25, -0.2) is 9.18 Å². The van der Waals surface area contributed by atoms with Gasteiger partial charge in [-0.1, -0.05) is 66.7 Å². The second kappa shape index (κ2) is 16.4. The van der Waals surface area contributed by atoms with E-state index in [4.69, 9.17) is 23.2 Å². The lowest BCUT2D eigenvalue weighted by Gasteiger charge is -2.46. The number of anilines is 1. The van der Waals surface area contributed by atoms with Crippen molar-refractivity contribution in [2.45, 2.75) is 124 Å². The summed E-state index contributed by atoms with van der Waals surface area (Å²) in [6.45, 7) is 1.14. The Hall–Kier alpha value is -5.09. The predicted molar refractivity (Wildman–Crippen MR) is 241 cm³/mol. The molecule has 5 fully saturated rings. The highest BCUT2D eigenvalue weighted by molar-refractivity contribution is 6.31. The van der Waals surface area contributed by atoms with Gasteiger partial charge in [0.2, 0.25) is 29.4 Å². The highest BCUT2D eigenvalue weighted by Gasteiger charge is 2.77. The first-order valence-electron chi connectivity index (χ1n) is 22.9. The summed E-state index contributed by atoms with van der Waals surface area (Å²) in [5.41, 5.74) is -2.14. The van der Waals surface area contributed by atoms with E-state index < -0.39 is 52.2 Å². The molecular formula is C48H52Cl2FN7O7. The molecule has 17 heteroatoms. The van der Waals surface area contributed by atoms with E-state index >= 15 is 4.39 Å². The number of hydrogen-bond donors (Lipinski definition) is 5. The van der Waals surface area contributed by atoms with Crippen molar-refractivity contribution in [3.8, 4) is 0 Å². The number of aromatic nitrogens is 2. The van der Waals surface area contributed by atoms with Crippen LogP contribution in [0, 0.1) is 11.7 Å². The molecule has 3 saturated heterocycles. The molecular weight excluding hydrogens is 876 g/mol. The van der Waals surface area contributed by atoms with Crippen molar-refractivity contribution in [3.05, 3.63) is 97.6 Å². The monoisotopic (exact) mass is 927 g/mol. The number of imidazole rings is 1. The molecule has 6 aliphatic rings. The van der Waals surface area contributed by atoms with Crippen molar-refractivity contribution in [2.75, 3.05) is 18.4 Å². The average Bonchev–Trinajstić information content (AvgIpc) is 3.82. The maximum Gasteiger partial charge on any atom is 0.329 e. The molecule has 2 aliphatic carbocycles. The number of carbonyl (C=O) groups is 5. The third kappa shape index (κ3) is 6.85. The zero-order chi connectivity index (χ0) is 45.6. The minimum Gasteiger partial charge on any atom is -0.367 e. The number of hydrogen-bond acceptors (Lipinski definition) is 8. The molecule has 1 aromatic heterocycles. The van der Waals surface area contributed by atoms with Crippen LogP contribution in [0.5, 0.6) is 0 Å². The van der Waals surface area contributed by atoms with Crippen LogP contribution in [0.3, 0.4) is 0 Å². The van der Waals surface area contributed by atoms with Crippen LogP contribution in [0.1, 0.15) is 118 Å². The fourth-order valence-corrected chi connectivity index (χ4v) is 12.9. The number of nitrogens with one attached hydrogen (secondary N) is 4. The van der Waals surface area contributed by atoms with Crippen molar-refractivity contribution in [2.24, 2.45) is 13.0 Å². The number of amides is 5. The number of nitrogens with zero attached hydrogens (tertiary/aromatic N) is 3. The van der Waals surface area contributed by atoms with Crippen molar-refractivity contribution in [1.29, 1.82) is 0 Å². The fourth-order valence-electron chi connectivity index (χ4n) is 12.6. The number of imide groups is 1. The zero-order valence-electron chi connectivity index (χ0n) is 36.1. The maximum absolute atomic E-state index is 16.4. The molecule has 5 N–H and O–H groups in total. The molecule has 14 nitrogen and oxygen atoms in total. The molecule has 3 aromatic carbocycles. The Kier molecular flexibility index (Phi) is 11.0. The summed E-state index contributed by atoms with van der Waals surface area (Å²) in [5.74, 6) is -4.25. The van der Waals surface area contributed by atoms with Gasteiger partial charge in [0.1, 0.15) is 17.3 Å². The van der Waals surface area contributed by atoms with Crippen LogP contribution in [0.15, 0.2) is 59.4 Å². The summed E-state index contributed by atoms with van der Waals surface area (Å²) < 4.78 is 19.4. The fraction of sp³-hybridized carbons (Fsp3) is 0.500. The molecule has 4 aromatic rings. The molecule has 1 unspecified atom stereocenters. The number of rotatable bonds is 6. The number of fused-ring (bicyclic) bond motifs is 4. The highest BCUT2D eigenvalue weighted by Crippen LogP contribution is 2.65. The molecule has 2 saturated carbocycles. The van der Waals surface area contributed by atoms with Crippen LogP contribution in [-0.4, -0.2) is 79.1 Å². The molecule has 342 valence electrons. The summed E-state index contributed by atoms with van der Waals surface area (Å²) in [6, 6.07) is 14.2. The first kappa shape index (κ1) is 43.8. The Bertz CT molecular complexity index is 2720. The van der Waals surface area contributed by atoms with E-state index in [1.165, 1.54) is 21.3 Å². The van der Waals surface area contributed by atoms with Gasteiger partial charge in [-0.05, 0) is 111 Å². The van der Waals surface area contributed by atoms with Crippen molar-refractivity contribution in [3.63, 3.8) is 0 Å². The van der Waals surface area contributed by atoms with E-state index in [0.29, 0.717) is 78.9 Å². The molecule has 0 radical (unpaired) electrons. The molecule has 4 aliphatic heterocycles. The normalized spacial score (nSPS) is 29.0. The molecule has 0 bridgehead atoms. The maximum atomic E-state index is 16.4. The molecule has 5 amide bonds. The second-order valence-electron chi connectivity index (χ2n) is 19.1. The smallest absolute Gasteiger partial charge is 0.329 e. The third-order valence-electron chi connectivity index (χ3n) is 15.7. The van der Waals surface area contributed by atoms with E-state index in [9.17, 15) is 33.9 Å². The summed E-state index contributed by atoms with van der Waals surface area (Å²) in [7, 11) is 1.68. The Labute approximate surface area is 384 Å². The number of likely N-dealkylation sites (tertiary alicyclic amines) is 1. The number of halogens is 3. The van der Waals surface area contributed by atoms with Gasteiger partial charge in [0.25, 0.3) is 5.91 Å². The summed E-state index contributed by atoms with van der Waals surface area (Å²) in [4.78, 5) is 83.2. The predicted octanol–water partition coefficient (Wildman–Crippen LogP) is 5.81. The average molecular weight is 929 g/mol. The van der Waals surface area contributed by atoms with Crippen LogP contribution in [0.4, 0.5) is 10.1 Å². The largest absolute Gasteiger partial charge is 0.367 e. The quantitative estimate of drug-likeness (QED) is 0.150. The summed E-state index contributed by atoms with van der Waals surface area (Å²) >= 11 is 12.8. The first-order chi connectivity index (χ1) is 31.2. The van der Waals surface area contributed by atoms with Crippen LogP contribution in [0.25, 0.3) is 11.0 Å². The lowest BCUT2D eigenvalue weighted by molar-refractivity contribution is -0.146. The van der Waals surface area contributed by atoms with Crippen LogP contribution < -0.4 is 27.0 Å². The second-order valence-corrected chi connectivity index (χ2v) is 20.0. The summed E-state index contributed by atoms with van der Waals surface area (Å²) in [6.07, 6.45) is 7.20. The molecule has 5 heterocycles. The van der Waals surface area contributed by atoms with Crippen LogP contribution in [0.2, 0.25) is 10.0 Å². The van der Waals surface area contributed by atoms with Gasteiger partial charge in [0.05, 0.1) is 22.0 Å². The van der Waals surface area contributed by atoms with Gasteiger partial charge < -0.3 is 20.6 Å². The van der Waals surface area contributed by atoms with E-state index in [1.54, 1.807) is 31.3 Å². The van der Waals surface area contributed by atoms with Gasteiger partial charge in [-0.2, -0.15) is 0 Å². The van der Waals surface area contributed by atoms with Crippen molar-refractivity contribution >= 4 is 69.5 Å². The Morgan fingerprint density at radius 1 is 0.862 bits per heavy atom. The van der Waals surface area contributed by atoms with Gasteiger partial charge >= 0.3 is 5.69 Å². The number of aliphatic hydroxyl groups is 1. The van der Waals surface area contributed by atoms with Gasteiger partial charge in [-0.3, -0.25) is 43.7 Å². The first-order valence-corrected chi connectivity index (χ1v) is 23.6.